The van der Waals surface area contributed by atoms with Gasteiger partial charge < -0.3 is 20.3 Å². The standard InChI is InChI=1S/C29H29N5O4S/c1-21-19-38-17-16-34(21)27-18-25(20-39(36,37)26-10-6-3-7-11-26)30-28(33-27)22-12-14-24(15-13-22)32-29(35)31-23-8-4-2-5-9-23/h2-15,18,21H,16-17,19-20H2,1H3,(H2,31,32,35)/t21-/m0/s1. The van der Waals surface area contributed by atoms with Crippen LogP contribution in [0.1, 0.15) is 12.6 Å². The number of nitrogens with one attached hydrogen (secondary N) is 2. The monoisotopic (exact) mass is 543 g/mol. The number of morpholine rings is 1. The molecule has 4 aromatic rings. The van der Waals surface area contributed by atoms with Crippen LogP contribution in [-0.2, 0) is 20.3 Å². The Morgan fingerprint density at radius 3 is 2.23 bits per heavy atom. The number of amides is 2. The smallest absolute Gasteiger partial charge is 0.323 e. The van der Waals surface area contributed by atoms with Crippen LogP contribution < -0.4 is 15.5 Å². The van der Waals surface area contributed by atoms with Gasteiger partial charge in [0.05, 0.1) is 35.6 Å². The number of rotatable bonds is 7. The highest BCUT2D eigenvalue weighted by Gasteiger charge is 2.24. The third-order valence-electron chi connectivity index (χ3n) is 6.30. The van der Waals surface area contributed by atoms with E-state index >= 15 is 0 Å². The second-order valence-electron chi connectivity index (χ2n) is 9.25. The van der Waals surface area contributed by atoms with Crippen LogP contribution in [0.25, 0.3) is 11.4 Å². The number of para-hydroxylation sites is 1. The highest BCUT2D eigenvalue weighted by atomic mass is 32.2. The summed E-state index contributed by atoms with van der Waals surface area (Å²) in [5.74, 6) is 0.806. The van der Waals surface area contributed by atoms with Crippen molar-refractivity contribution < 1.29 is 17.9 Å². The molecule has 0 radical (unpaired) electrons. The SMILES string of the molecule is C[C@H]1COCCN1c1cc(CS(=O)(=O)c2ccccc2)nc(-c2ccc(NC(=O)Nc3ccccc3)cc2)n1. The zero-order valence-corrected chi connectivity index (χ0v) is 22.3. The van der Waals surface area contributed by atoms with E-state index in [4.69, 9.17) is 9.72 Å². The Balaban J connectivity index is 1.41. The van der Waals surface area contributed by atoms with E-state index in [-0.39, 0.29) is 22.7 Å². The lowest BCUT2D eigenvalue weighted by Gasteiger charge is -2.34. The molecule has 3 aromatic carbocycles. The lowest BCUT2D eigenvalue weighted by Crippen LogP contribution is -2.44. The van der Waals surface area contributed by atoms with E-state index in [0.29, 0.717) is 54.0 Å². The fourth-order valence-corrected chi connectivity index (χ4v) is 5.60. The van der Waals surface area contributed by atoms with Crippen LogP contribution in [0.5, 0.6) is 0 Å². The number of hydrogen-bond donors (Lipinski definition) is 2. The molecule has 1 aliphatic heterocycles. The molecule has 0 saturated carbocycles. The third kappa shape index (κ3) is 6.60. The molecule has 200 valence electrons. The zero-order chi connectivity index (χ0) is 27.2. The van der Waals surface area contributed by atoms with Gasteiger partial charge in [-0.25, -0.2) is 23.2 Å². The van der Waals surface area contributed by atoms with Gasteiger partial charge in [0.25, 0.3) is 0 Å². The van der Waals surface area contributed by atoms with Gasteiger partial charge in [-0.2, -0.15) is 0 Å². The molecule has 0 spiro atoms. The van der Waals surface area contributed by atoms with Crippen molar-refractivity contribution in [3.8, 4) is 11.4 Å². The summed E-state index contributed by atoms with van der Waals surface area (Å²) in [7, 11) is -3.61. The van der Waals surface area contributed by atoms with E-state index < -0.39 is 9.84 Å². The molecule has 39 heavy (non-hydrogen) atoms. The average Bonchev–Trinajstić information content (AvgIpc) is 2.94. The molecule has 1 saturated heterocycles. The van der Waals surface area contributed by atoms with Crippen LogP contribution in [0.15, 0.2) is 95.9 Å². The molecular formula is C29H29N5O4S. The highest BCUT2D eigenvalue weighted by molar-refractivity contribution is 7.90. The number of benzene rings is 3. The largest absolute Gasteiger partial charge is 0.377 e. The minimum atomic E-state index is -3.61. The summed E-state index contributed by atoms with van der Waals surface area (Å²) < 4.78 is 31.9. The fourth-order valence-electron chi connectivity index (χ4n) is 4.32. The van der Waals surface area contributed by atoms with E-state index in [9.17, 15) is 13.2 Å². The van der Waals surface area contributed by atoms with E-state index in [2.05, 4.69) is 20.5 Å². The normalized spacial score (nSPS) is 15.5. The number of aromatic nitrogens is 2. The van der Waals surface area contributed by atoms with Crippen LogP contribution >= 0.6 is 0 Å². The van der Waals surface area contributed by atoms with Gasteiger partial charge >= 0.3 is 6.03 Å². The molecule has 0 aliphatic carbocycles. The number of hydrogen-bond acceptors (Lipinski definition) is 7. The summed E-state index contributed by atoms with van der Waals surface area (Å²) in [5, 5.41) is 5.59. The van der Waals surface area contributed by atoms with Crippen molar-refractivity contribution in [3.63, 3.8) is 0 Å². The minimum Gasteiger partial charge on any atom is -0.377 e. The maximum atomic E-state index is 13.1. The summed E-state index contributed by atoms with van der Waals surface area (Å²) in [6, 6.07) is 26.1. The van der Waals surface area contributed by atoms with Crippen molar-refractivity contribution in [1.29, 1.82) is 0 Å². The molecule has 2 N–H and O–H groups in total. The maximum Gasteiger partial charge on any atom is 0.323 e. The fraction of sp³-hybridized carbons (Fsp3) is 0.207. The van der Waals surface area contributed by atoms with Gasteiger partial charge in [0, 0.05) is 29.5 Å². The van der Waals surface area contributed by atoms with Crippen molar-refractivity contribution in [2.45, 2.75) is 23.6 Å². The Labute approximate surface area is 227 Å². The number of carbonyl (C=O) groups is 1. The van der Waals surface area contributed by atoms with Crippen LogP contribution in [0.3, 0.4) is 0 Å². The first kappa shape index (κ1) is 26.3. The van der Waals surface area contributed by atoms with Crippen molar-refractivity contribution >= 4 is 33.1 Å². The molecular weight excluding hydrogens is 514 g/mol. The molecule has 1 fully saturated rings. The summed E-state index contributed by atoms with van der Waals surface area (Å²) in [6.07, 6.45) is 0. The topological polar surface area (TPSA) is 114 Å². The molecule has 9 nitrogen and oxygen atoms in total. The summed E-state index contributed by atoms with van der Waals surface area (Å²) >= 11 is 0. The lowest BCUT2D eigenvalue weighted by molar-refractivity contribution is 0.0985. The van der Waals surface area contributed by atoms with E-state index in [1.54, 1.807) is 72.8 Å². The predicted octanol–water partition coefficient (Wildman–Crippen LogP) is 4.99. The van der Waals surface area contributed by atoms with E-state index in [0.717, 1.165) is 0 Å². The predicted molar refractivity (Wildman–Crippen MR) is 152 cm³/mol. The van der Waals surface area contributed by atoms with Gasteiger partial charge in [-0.05, 0) is 55.5 Å². The highest BCUT2D eigenvalue weighted by Crippen LogP contribution is 2.26. The second kappa shape index (κ2) is 11.6. The van der Waals surface area contributed by atoms with Crippen LogP contribution in [0.2, 0.25) is 0 Å². The molecule has 0 unspecified atom stereocenters. The number of anilines is 3. The number of nitrogens with zero attached hydrogens (tertiary/aromatic N) is 3. The van der Waals surface area contributed by atoms with Crippen LogP contribution in [0, 0.1) is 0 Å². The first-order valence-corrected chi connectivity index (χ1v) is 14.3. The Bertz CT molecular complexity index is 1530. The van der Waals surface area contributed by atoms with Gasteiger partial charge in [-0.1, -0.05) is 36.4 Å². The maximum absolute atomic E-state index is 13.1. The molecule has 2 heterocycles. The number of urea groups is 1. The van der Waals surface area contributed by atoms with Gasteiger partial charge in [-0.15, -0.1) is 0 Å². The molecule has 1 atom stereocenters. The molecule has 10 heteroatoms. The first-order valence-electron chi connectivity index (χ1n) is 12.6. The van der Waals surface area contributed by atoms with Gasteiger partial charge in [0.1, 0.15) is 5.82 Å². The van der Waals surface area contributed by atoms with Gasteiger partial charge in [-0.3, -0.25) is 0 Å². The lowest BCUT2D eigenvalue weighted by atomic mass is 10.2. The van der Waals surface area contributed by atoms with Crippen molar-refractivity contribution in [1.82, 2.24) is 9.97 Å². The summed E-state index contributed by atoms with van der Waals surface area (Å²) in [4.78, 5) is 24.1. The quantitative estimate of drug-likeness (QED) is 0.338. The number of sulfone groups is 1. The van der Waals surface area contributed by atoms with Crippen molar-refractivity contribution in [2.75, 3.05) is 35.3 Å². The summed E-state index contributed by atoms with van der Waals surface area (Å²) in [6.45, 7) is 3.80. The van der Waals surface area contributed by atoms with Crippen molar-refractivity contribution in [3.05, 3.63) is 96.7 Å². The van der Waals surface area contributed by atoms with E-state index in [1.165, 1.54) is 0 Å². The molecule has 5 rings (SSSR count). The number of ether oxygens (including phenoxy) is 1. The molecule has 0 bridgehead atoms. The average molecular weight is 544 g/mol. The third-order valence-corrected chi connectivity index (χ3v) is 7.97. The second-order valence-corrected chi connectivity index (χ2v) is 11.2. The summed E-state index contributed by atoms with van der Waals surface area (Å²) in [5.41, 5.74) is 2.39. The Kier molecular flexibility index (Phi) is 7.85. The minimum absolute atomic E-state index is 0.0785. The Hall–Kier alpha value is -4.28. The van der Waals surface area contributed by atoms with Crippen LogP contribution in [-0.4, -0.2) is 50.2 Å². The van der Waals surface area contributed by atoms with E-state index in [1.807, 2.05) is 25.1 Å². The molecule has 2 amide bonds. The van der Waals surface area contributed by atoms with Gasteiger partial charge in [0.15, 0.2) is 15.7 Å². The van der Waals surface area contributed by atoms with Crippen molar-refractivity contribution in [2.24, 2.45) is 0 Å². The first-order chi connectivity index (χ1) is 18.9. The van der Waals surface area contributed by atoms with Crippen LogP contribution in [0.4, 0.5) is 22.0 Å². The Morgan fingerprint density at radius 2 is 1.56 bits per heavy atom. The molecule has 1 aliphatic rings. The zero-order valence-electron chi connectivity index (χ0n) is 21.4. The Morgan fingerprint density at radius 1 is 0.923 bits per heavy atom. The van der Waals surface area contributed by atoms with Gasteiger partial charge in [0.2, 0.25) is 0 Å². The number of carbonyl (C=O) groups excluding carboxylic acids is 1. The molecule has 1 aromatic heterocycles.